The third-order valence-electron chi connectivity index (χ3n) is 1.11. The Morgan fingerprint density at radius 3 is 2.33 bits per heavy atom. The molecule has 6 heavy (non-hydrogen) atoms. The summed E-state index contributed by atoms with van der Waals surface area (Å²) in [5.41, 5.74) is 0. The van der Waals surface area contributed by atoms with E-state index in [1.165, 1.54) is 6.42 Å². The van der Waals surface area contributed by atoms with E-state index in [4.69, 9.17) is 0 Å². The van der Waals surface area contributed by atoms with Crippen molar-refractivity contribution in [1.82, 2.24) is 5.23 Å². The smallest absolute Gasteiger partial charge is 0.182 e. The molecule has 0 fully saturated rings. The van der Waals surface area contributed by atoms with Crippen molar-refractivity contribution in [1.29, 1.82) is 0 Å². The van der Waals surface area contributed by atoms with Crippen LogP contribution in [0.3, 0.4) is 0 Å². The summed E-state index contributed by atoms with van der Waals surface area (Å²) in [6.07, 6.45) is 1.22. The van der Waals surface area contributed by atoms with E-state index < -0.39 is 0 Å². The van der Waals surface area contributed by atoms with E-state index in [2.05, 4.69) is 19.1 Å². The van der Waals surface area contributed by atoms with Gasteiger partial charge in [-0.2, -0.15) is 0 Å². The van der Waals surface area contributed by atoms with Crippen LogP contribution in [-0.4, -0.2) is 14.0 Å². The average Bonchev–Trinajstić information content (AvgIpc) is 1.65. The Hall–Kier alpha value is 0.0249. The van der Waals surface area contributed by atoms with E-state index in [1.54, 1.807) is 0 Å². The van der Waals surface area contributed by atoms with E-state index in [9.17, 15) is 0 Å². The fraction of sp³-hybridized carbons (Fsp3) is 1.00. The van der Waals surface area contributed by atoms with Crippen LogP contribution >= 0.6 is 0 Å². The van der Waals surface area contributed by atoms with Crippen LogP contribution in [0.15, 0.2) is 0 Å². The van der Waals surface area contributed by atoms with Gasteiger partial charge in [-0.15, -0.1) is 0 Å². The molecule has 0 heterocycles. The van der Waals surface area contributed by atoms with E-state index in [1.807, 2.05) is 7.98 Å². The van der Waals surface area contributed by atoms with Crippen molar-refractivity contribution in [3.8, 4) is 0 Å². The molecule has 2 heteroatoms. The minimum atomic E-state index is 0.685. The molecule has 1 N–H and O–H groups in total. The second-order valence-corrected chi connectivity index (χ2v) is 1.60. The molecule has 0 bridgehead atoms. The van der Waals surface area contributed by atoms with Gasteiger partial charge in [-0.25, -0.2) is 0 Å². The summed E-state index contributed by atoms with van der Waals surface area (Å²) in [6, 6.07) is 0.685. The van der Waals surface area contributed by atoms with Gasteiger partial charge in [0, 0.05) is 0 Å². The maximum Gasteiger partial charge on any atom is 0.182 e. The first-order valence-electron chi connectivity index (χ1n) is 2.48. The molecule has 0 aromatic heterocycles. The van der Waals surface area contributed by atoms with Crippen LogP contribution in [0, 0.1) is 0 Å². The Balaban J connectivity index is 2.75. The lowest BCUT2D eigenvalue weighted by atomic mass is 10.2. The molecule has 0 rings (SSSR count). The molecule has 36 valence electrons. The summed E-state index contributed by atoms with van der Waals surface area (Å²) in [5, 5.41) is 3.11. The van der Waals surface area contributed by atoms with Crippen molar-refractivity contribution in [2.45, 2.75) is 26.3 Å². The monoisotopic (exact) mass is 85.1 g/mol. The Labute approximate surface area is 40.6 Å². The largest absolute Gasteiger partial charge is 0.360 e. The fourth-order valence-electron chi connectivity index (χ4n) is 0.204. The second kappa shape index (κ2) is 3.22. The molecular formula is C4H12BN. The van der Waals surface area contributed by atoms with Gasteiger partial charge < -0.3 is 5.23 Å². The van der Waals surface area contributed by atoms with Gasteiger partial charge in [-0.1, -0.05) is 13.8 Å². The van der Waals surface area contributed by atoms with E-state index in [0.717, 1.165) is 0 Å². The highest BCUT2D eigenvalue weighted by molar-refractivity contribution is 6.04. The molecule has 0 saturated carbocycles. The van der Waals surface area contributed by atoms with Gasteiger partial charge in [0.25, 0.3) is 0 Å². The van der Waals surface area contributed by atoms with Crippen molar-refractivity contribution >= 4 is 7.98 Å². The Kier molecular flexibility index (Phi) is 3.24. The third kappa shape index (κ3) is 2.27. The van der Waals surface area contributed by atoms with Crippen LogP contribution in [0.5, 0.6) is 0 Å². The lowest BCUT2D eigenvalue weighted by Crippen LogP contribution is -2.20. The molecular weight excluding hydrogens is 72.9 g/mol. The highest BCUT2D eigenvalue weighted by atomic mass is 14.8. The molecule has 0 amide bonds. The molecule has 1 nitrogen and oxygen atoms in total. The molecule has 0 aliphatic heterocycles. The second-order valence-electron chi connectivity index (χ2n) is 1.60. The summed E-state index contributed by atoms with van der Waals surface area (Å²) in [7, 11) is 1.98. The van der Waals surface area contributed by atoms with Crippen LogP contribution in [-0.2, 0) is 0 Å². The van der Waals surface area contributed by atoms with Gasteiger partial charge in [-0.05, 0) is 12.5 Å². The van der Waals surface area contributed by atoms with Crippen molar-refractivity contribution in [3.63, 3.8) is 0 Å². The first-order chi connectivity index (χ1) is 2.81. The minimum absolute atomic E-state index is 0.685. The quantitative estimate of drug-likeness (QED) is 0.462. The first-order valence-corrected chi connectivity index (χ1v) is 2.48. The van der Waals surface area contributed by atoms with Gasteiger partial charge in [0.1, 0.15) is 0 Å². The normalized spacial score (nSPS) is 14.3. The van der Waals surface area contributed by atoms with Crippen LogP contribution in [0.25, 0.3) is 0 Å². The fourth-order valence-corrected chi connectivity index (χ4v) is 0.204. The van der Waals surface area contributed by atoms with Gasteiger partial charge >= 0.3 is 0 Å². The predicted molar refractivity (Wildman–Crippen MR) is 31.4 cm³/mol. The number of hydrogen-bond acceptors (Lipinski definition) is 1. The number of rotatable bonds is 2. The summed E-state index contributed by atoms with van der Waals surface area (Å²) in [5.74, 6) is 0. The third-order valence-corrected chi connectivity index (χ3v) is 1.11. The zero-order valence-corrected chi connectivity index (χ0v) is 4.78. The standard InChI is InChI=1S/C4H12BN/c1-3-4(2)6-5/h4,6H,3,5H2,1-2H3/t4-/m1/s1. The number of hydrogen-bond donors (Lipinski definition) is 1. The predicted octanol–water partition coefficient (Wildman–Crippen LogP) is -0.0774. The van der Waals surface area contributed by atoms with Gasteiger partial charge in [-0.3, -0.25) is 0 Å². The molecule has 0 aromatic rings. The molecule has 1 atom stereocenters. The van der Waals surface area contributed by atoms with Gasteiger partial charge in [0.15, 0.2) is 7.98 Å². The number of nitrogens with one attached hydrogen (secondary N) is 1. The van der Waals surface area contributed by atoms with Crippen molar-refractivity contribution in [2.24, 2.45) is 0 Å². The zero-order valence-electron chi connectivity index (χ0n) is 4.78. The Morgan fingerprint density at radius 2 is 2.33 bits per heavy atom. The van der Waals surface area contributed by atoms with Gasteiger partial charge in [0.2, 0.25) is 0 Å². The van der Waals surface area contributed by atoms with E-state index in [0.29, 0.717) is 6.04 Å². The average molecular weight is 85.0 g/mol. The van der Waals surface area contributed by atoms with Crippen molar-refractivity contribution in [2.75, 3.05) is 0 Å². The molecule has 0 saturated heterocycles. The van der Waals surface area contributed by atoms with Gasteiger partial charge in [0.05, 0.1) is 0 Å². The highest BCUT2D eigenvalue weighted by Gasteiger charge is 1.86. The topological polar surface area (TPSA) is 12.0 Å². The van der Waals surface area contributed by atoms with Crippen molar-refractivity contribution < 1.29 is 0 Å². The maximum absolute atomic E-state index is 3.11. The zero-order chi connectivity index (χ0) is 4.99. The van der Waals surface area contributed by atoms with Crippen molar-refractivity contribution in [3.05, 3.63) is 0 Å². The first kappa shape index (κ1) is 6.02. The maximum atomic E-state index is 3.11. The van der Waals surface area contributed by atoms with Crippen LogP contribution in [0.1, 0.15) is 20.3 Å². The molecule has 0 aromatic carbocycles. The highest BCUT2D eigenvalue weighted by Crippen LogP contribution is 1.82. The lowest BCUT2D eigenvalue weighted by Gasteiger charge is -2.02. The Bertz CT molecular complexity index is 26.7. The van der Waals surface area contributed by atoms with Crippen LogP contribution < -0.4 is 5.23 Å². The van der Waals surface area contributed by atoms with Crippen LogP contribution in [0.4, 0.5) is 0 Å². The van der Waals surface area contributed by atoms with Crippen LogP contribution in [0.2, 0.25) is 0 Å². The molecule has 0 radical (unpaired) electrons. The summed E-state index contributed by atoms with van der Waals surface area (Å²) in [4.78, 5) is 0. The minimum Gasteiger partial charge on any atom is -0.360 e. The summed E-state index contributed by atoms with van der Waals surface area (Å²) in [6.45, 7) is 4.33. The lowest BCUT2D eigenvalue weighted by molar-refractivity contribution is 0.661. The Morgan fingerprint density at radius 1 is 1.83 bits per heavy atom. The SMILES string of the molecule is BN[C@H](C)CC. The van der Waals surface area contributed by atoms with E-state index >= 15 is 0 Å². The summed E-state index contributed by atoms with van der Waals surface area (Å²) < 4.78 is 0. The molecule has 0 aliphatic rings. The molecule has 0 spiro atoms. The molecule has 0 aliphatic carbocycles. The summed E-state index contributed by atoms with van der Waals surface area (Å²) >= 11 is 0. The molecule has 0 unspecified atom stereocenters. The van der Waals surface area contributed by atoms with E-state index in [-0.39, 0.29) is 0 Å².